The molecule has 0 unspecified atom stereocenters. The lowest BCUT2D eigenvalue weighted by molar-refractivity contribution is -0.137. The third kappa shape index (κ3) is 5.23. The van der Waals surface area contributed by atoms with Gasteiger partial charge in [0.15, 0.2) is 0 Å². The summed E-state index contributed by atoms with van der Waals surface area (Å²) in [4.78, 5) is 20.7. The Morgan fingerprint density at radius 1 is 1.00 bits per heavy atom. The number of furan rings is 1. The molecule has 4 rings (SSSR count). The topological polar surface area (TPSA) is 64.8 Å². The monoisotopic (exact) mass is 486 g/mol. The lowest BCUT2D eigenvalue weighted by Crippen LogP contribution is -2.35. The molecule has 2 heterocycles. The van der Waals surface area contributed by atoms with Gasteiger partial charge in [-0.25, -0.2) is 4.98 Å². The average molecular weight is 487 g/mol. The number of amides is 1. The van der Waals surface area contributed by atoms with E-state index in [-0.39, 0.29) is 11.8 Å². The predicted octanol–water partition coefficient (Wildman–Crippen LogP) is 6.79. The molecule has 0 spiro atoms. The van der Waals surface area contributed by atoms with Crippen molar-refractivity contribution in [1.29, 1.82) is 0 Å². The highest BCUT2D eigenvalue weighted by Crippen LogP contribution is 2.37. The summed E-state index contributed by atoms with van der Waals surface area (Å²) in [5, 5.41) is 1.03. The Morgan fingerprint density at radius 2 is 1.81 bits per heavy atom. The van der Waals surface area contributed by atoms with Gasteiger partial charge < -0.3 is 18.8 Å². The summed E-state index contributed by atoms with van der Waals surface area (Å²) in [5.41, 5.74) is 4.54. The first-order valence-corrected chi connectivity index (χ1v) is 12.4. The summed E-state index contributed by atoms with van der Waals surface area (Å²) in [6, 6.07) is 17.7. The van der Waals surface area contributed by atoms with Crippen LogP contribution < -0.4 is 9.47 Å². The summed E-state index contributed by atoms with van der Waals surface area (Å²) in [5.74, 6) is 2.22. The van der Waals surface area contributed by atoms with Crippen LogP contribution in [-0.2, 0) is 17.9 Å². The summed E-state index contributed by atoms with van der Waals surface area (Å²) < 4.78 is 16.9. The highest BCUT2D eigenvalue weighted by atomic mass is 16.5. The van der Waals surface area contributed by atoms with Crippen LogP contribution in [0.2, 0.25) is 0 Å². The van der Waals surface area contributed by atoms with Crippen LogP contribution in [0, 0.1) is 12.8 Å². The van der Waals surface area contributed by atoms with E-state index >= 15 is 0 Å². The maximum atomic E-state index is 13.6. The van der Waals surface area contributed by atoms with Crippen LogP contribution in [0.4, 0.5) is 0 Å². The molecule has 0 saturated carbocycles. The normalized spacial score (nSPS) is 11.2. The van der Waals surface area contributed by atoms with Gasteiger partial charge in [0.2, 0.25) is 5.91 Å². The van der Waals surface area contributed by atoms with Crippen LogP contribution in [0.25, 0.3) is 22.2 Å². The number of ether oxygens (including phenoxy) is 2. The number of benzene rings is 2. The van der Waals surface area contributed by atoms with Crippen molar-refractivity contribution in [1.82, 2.24) is 9.88 Å². The quantitative estimate of drug-likeness (QED) is 0.247. The first-order chi connectivity index (χ1) is 17.5. The number of carbonyl (C=O) groups excluding carboxylic acids is 1. The Morgan fingerprint density at radius 3 is 2.47 bits per heavy atom. The minimum atomic E-state index is -0.0505. The van der Waals surface area contributed by atoms with Crippen molar-refractivity contribution in [2.45, 2.75) is 46.7 Å². The van der Waals surface area contributed by atoms with E-state index in [0.29, 0.717) is 24.6 Å². The zero-order chi connectivity index (χ0) is 25.7. The van der Waals surface area contributed by atoms with Crippen molar-refractivity contribution in [2.24, 2.45) is 5.92 Å². The van der Waals surface area contributed by atoms with E-state index in [1.807, 2.05) is 41.3 Å². The van der Waals surface area contributed by atoms with Gasteiger partial charge in [-0.15, -0.1) is 0 Å². The average Bonchev–Trinajstić information content (AvgIpc) is 3.41. The van der Waals surface area contributed by atoms with E-state index in [0.717, 1.165) is 51.9 Å². The van der Waals surface area contributed by atoms with Crippen LogP contribution in [0.5, 0.6) is 11.5 Å². The molecule has 188 valence electrons. The first-order valence-electron chi connectivity index (χ1n) is 12.4. The molecule has 0 aliphatic carbocycles. The summed E-state index contributed by atoms with van der Waals surface area (Å²) >= 11 is 0. The fraction of sp³-hybridized carbons (Fsp3) is 0.333. The number of fused-ring (bicyclic) bond motifs is 1. The highest BCUT2D eigenvalue weighted by Gasteiger charge is 2.25. The van der Waals surface area contributed by atoms with Crippen molar-refractivity contribution < 1.29 is 18.7 Å². The molecule has 6 heteroatoms. The molecule has 0 atom stereocenters. The number of hydrogen-bond donors (Lipinski definition) is 0. The predicted molar refractivity (Wildman–Crippen MR) is 142 cm³/mol. The molecular formula is C30H34N2O4. The third-order valence-corrected chi connectivity index (χ3v) is 6.72. The minimum absolute atomic E-state index is 0.0505. The number of pyridine rings is 1. The molecule has 0 aliphatic heterocycles. The zero-order valence-electron chi connectivity index (χ0n) is 21.7. The van der Waals surface area contributed by atoms with Crippen molar-refractivity contribution >= 4 is 16.8 Å². The molecule has 4 aromatic rings. The molecular weight excluding hydrogens is 452 g/mol. The fourth-order valence-corrected chi connectivity index (χ4v) is 4.65. The molecule has 1 amide bonds. The number of rotatable bonds is 10. The highest BCUT2D eigenvalue weighted by molar-refractivity contribution is 5.87. The smallest absolute Gasteiger partial charge is 0.226 e. The maximum Gasteiger partial charge on any atom is 0.226 e. The third-order valence-electron chi connectivity index (χ3n) is 6.72. The van der Waals surface area contributed by atoms with E-state index in [1.165, 1.54) is 0 Å². The molecule has 0 N–H and O–H groups in total. The van der Waals surface area contributed by atoms with Crippen molar-refractivity contribution in [3.05, 3.63) is 77.7 Å². The van der Waals surface area contributed by atoms with Crippen LogP contribution >= 0.6 is 0 Å². The van der Waals surface area contributed by atoms with Crippen LogP contribution in [0.15, 0.2) is 65.3 Å². The van der Waals surface area contributed by atoms with E-state index in [2.05, 4.69) is 39.0 Å². The van der Waals surface area contributed by atoms with E-state index < -0.39 is 0 Å². The van der Waals surface area contributed by atoms with Gasteiger partial charge in [0.25, 0.3) is 0 Å². The lowest BCUT2D eigenvalue weighted by Gasteiger charge is -2.27. The van der Waals surface area contributed by atoms with Gasteiger partial charge in [-0.05, 0) is 67.3 Å². The Hall–Kier alpha value is -3.80. The molecule has 36 heavy (non-hydrogen) atoms. The molecule has 6 nitrogen and oxygen atoms in total. The Bertz CT molecular complexity index is 1330. The van der Waals surface area contributed by atoms with Gasteiger partial charge in [0.05, 0.1) is 38.2 Å². The van der Waals surface area contributed by atoms with E-state index in [4.69, 9.17) is 18.9 Å². The van der Waals surface area contributed by atoms with Gasteiger partial charge in [0, 0.05) is 23.4 Å². The number of nitrogens with zero attached hydrogens (tertiary/aromatic N) is 2. The second-order valence-corrected chi connectivity index (χ2v) is 9.00. The summed E-state index contributed by atoms with van der Waals surface area (Å²) in [6.07, 6.45) is 3.22. The molecule has 0 bridgehead atoms. The molecule has 0 saturated heterocycles. The Labute approximate surface area is 212 Å². The molecule has 0 aliphatic rings. The van der Waals surface area contributed by atoms with Gasteiger partial charge in [-0.1, -0.05) is 32.0 Å². The fourth-order valence-electron chi connectivity index (χ4n) is 4.65. The largest absolute Gasteiger partial charge is 0.497 e. The van der Waals surface area contributed by atoms with Gasteiger partial charge in [0.1, 0.15) is 17.3 Å². The Balaban J connectivity index is 1.89. The first kappa shape index (κ1) is 25.3. The summed E-state index contributed by atoms with van der Waals surface area (Å²) in [6.45, 7) is 6.96. The second kappa shape index (κ2) is 11.3. The van der Waals surface area contributed by atoms with E-state index in [1.54, 1.807) is 20.5 Å². The van der Waals surface area contributed by atoms with Crippen LogP contribution in [-0.4, -0.2) is 30.0 Å². The standard InChI is InChI=1S/C30H34N2O4/c1-6-21(7-2)30(33)32(19-25-12-9-15-36-25)18-23-16-22-11-8-10-20(3)28(22)31-29(23)26-17-24(34-4)13-14-27(26)35-5/h8-17,21H,6-7,18-19H2,1-5H3. The molecule has 2 aromatic heterocycles. The number of aromatic nitrogens is 1. The maximum absolute atomic E-state index is 13.6. The SMILES string of the molecule is CCC(CC)C(=O)N(Cc1ccco1)Cc1cc2cccc(C)c2nc1-c1cc(OC)ccc1OC. The number of aryl methyl sites for hydroxylation is 1. The number of hydrogen-bond acceptors (Lipinski definition) is 5. The van der Waals surface area contributed by atoms with Crippen LogP contribution in [0.1, 0.15) is 43.6 Å². The van der Waals surface area contributed by atoms with Gasteiger partial charge >= 0.3 is 0 Å². The Kier molecular flexibility index (Phi) is 7.93. The number of carbonyl (C=O) groups is 1. The zero-order valence-corrected chi connectivity index (χ0v) is 21.7. The van der Waals surface area contributed by atoms with E-state index in [9.17, 15) is 4.79 Å². The molecule has 0 radical (unpaired) electrons. The van der Waals surface area contributed by atoms with Gasteiger partial charge in [-0.3, -0.25) is 4.79 Å². The number of methoxy groups -OCH3 is 2. The minimum Gasteiger partial charge on any atom is -0.497 e. The molecule has 0 fully saturated rings. The van der Waals surface area contributed by atoms with Crippen LogP contribution in [0.3, 0.4) is 0 Å². The van der Waals surface area contributed by atoms with Crippen molar-refractivity contribution in [3.63, 3.8) is 0 Å². The van der Waals surface area contributed by atoms with Crippen molar-refractivity contribution in [2.75, 3.05) is 14.2 Å². The van der Waals surface area contributed by atoms with Crippen molar-refractivity contribution in [3.8, 4) is 22.8 Å². The van der Waals surface area contributed by atoms with Gasteiger partial charge in [-0.2, -0.15) is 0 Å². The number of para-hydroxylation sites is 1. The lowest BCUT2D eigenvalue weighted by atomic mass is 9.98. The summed E-state index contributed by atoms with van der Waals surface area (Å²) in [7, 11) is 3.29. The second-order valence-electron chi connectivity index (χ2n) is 9.00. The molecule has 2 aromatic carbocycles.